The summed E-state index contributed by atoms with van der Waals surface area (Å²) < 4.78 is 25.8. The van der Waals surface area contributed by atoms with Gasteiger partial charge in [-0.15, -0.1) is 0 Å². The van der Waals surface area contributed by atoms with Gasteiger partial charge in [-0.25, -0.2) is 12.7 Å². The molecule has 21 heavy (non-hydrogen) atoms. The second-order valence-electron chi connectivity index (χ2n) is 6.73. The molecule has 1 atom stereocenters. The molecule has 2 fully saturated rings. The van der Waals surface area contributed by atoms with Crippen molar-refractivity contribution in [2.24, 2.45) is 0 Å². The number of hydrogen-bond donors (Lipinski definition) is 1. The van der Waals surface area contributed by atoms with E-state index in [9.17, 15) is 8.42 Å². The largest absolute Gasteiger partial charge is 0.310 e. The number of hydrogen-bond acceptors (Lipinski definition) is 4. The summed E-state index contributed by atoms with van der Waals surface area (Å²) in [5.74, 6) is 0.289. The van der Waals surface area contributed by atoms with Crippen LogP contribution >= 0.6 is 0 Å². The van der Waals surface area contributed by atoms with Crippen molar-refractivity contribution >= 4 is 10.0 Å². The quantitative estimate of drug-likeness (QED) is 0.801. The van der Waals surface area contributed by atoms with Gasteiger partial charge in [0, 0.05) is 37.8 Å². The lowest BCUT2D eigenvalue weighted by atomic mass is 10.1. The van der Waals surface area contributed by atoms with Gasteiger partial charge in [0.2, 0.25) is 10.0 Å². The van der Waals surface area contributed by atoms with Crippen molar-refractivity contribution in [2.45, 2.75) is 64.6 Å². The first-order valence-corrected chi connectivity index (χ1v) is 10.0. The normalized spacial score (nSPS) is 26.8. The molecule has 2 rings (SSSR count). The lowest BCUT2D eigenvalue weighted by Crippen LogP contribution is -2.48. The van der Waals surface area contributed by atoms with Crippen molar-refractivity contribution in [1.82, 2.24) is 14.5 Å². The maximum Gasteiger partial charge on any atom is 0.214 e. The Morgan fingerprint density at radius 2 is 1.71 bits per heavy atom. The zero-order valence-electron chi connectivity index (χ0n) is 13.7. The van der Waals surface area contributed by atoms with E-state index in [0.717, 1.165) is 19.4 Å². The topological polar surface area (TPSA) is 52.7 Å². The van der Waals surface area contributed by atoms with Gasteiger partial charge in [-0.2, -0.15) is 0 Å². The fraction of sp³-hybridized carbons (Fsp3) is 1.00. The second kappa shape index (κ2) is 7.40. The third kappa shape index (κ3) is 4.65. The van der Waals surface area contributed by atoms with E-state index in [0.29, 0.717) is 37.6 Å². The van der Waals surface area contributed by atoms with E-state index in [4.69, 9.17) is 0 Å². The summed E-state index contributed by atoms with van der Waals surface area (Å²) in [5, 5.41) is 3.74. The van der Waals surface area contributed by atoms with Crippen LogP contribution in [-0.4, -0.2) is 67.7 Å². The zero-order valence-corrected chi connectivity index (χ0v) is 14.5. The number of rotatable bonds is 6. The Labute approximate surface area is 130 Å². The van der Waals surface area contributed by atoms with Crippen LogP contribution < -0.4 is 5.32 Å². The molecule has 1 N–H and O–H groups in total. The average molecular weight is 317 g/mol. The van der Waals surface area contributed by atoms with Gasteiger partial charge >= 0.3 is 0 Å². The molecular formula is C15H31N3O2S. The summed E-state index contributed by atoms with van der Waals surface area (Å²) in [7, 11) is -3.01. The van der Waals surface area contributed by atoms with Crippen molar-refractivity contribution in [2.75, 3.05) is 31.9 Å². The molecule has 0 bridgehead atoms. The minimum absolute atomic E-state index is 0.289. The van der Waals surface area contributed by atoms with Crippen LogP contribution in [0.4, 0.5) is 0 Å². The van der Waals surface area contributed by atoms with Crippen LogP contribution in [0.15, 0.2) is 0 Å². The van der Waals surface area contributed by atoms with Crippen molar-refractivity contribution in [3.63, 3.8) is 0 Å². The van der Waals surface area contributed by atoms with Crippen LogP contribution in [0.2, 0.25) is 0 Å². The standard InChI is InChI=1S/C15H31N3O2S/c1-4-11-21(19,20)18-9-6-14(7-10-18)16-15-5-8-17(12-15)13(2)3/h13-16H,4-12H2,1-3H3. The van der Waals surface area contributed by atoms with E-state index < -0.39 is 10.0 Å². The van der Waals surface area contributed by atoms with Gasteiger partial charge in [0.1, 0.15) is 0 Å². The Morgan fingerprint density at radius 3 is 2.24 bits per heavy atom. The second-order valence-corrected chi connectivity index (χ2v) is 8.82. The molecule has 2 saturated heterocycles. The summed E-state index contributed by atoms with van der Waals surface area (Å²) in [6.45, 7) is 10.1. The number of piperidine rings is 1. The summed E-state index contributed by atoms with van der Waals surface area (Å²) >= 11 is 0. The van der Waals surface area contributed by atoms with Crippen LogP contribution in [0, 0.1) is 0 Å². The highest BCUT2D eigenvalue weighted by Crippen LogP contribution is 2.18. The lowest BCUT2D eigenvalue weighted by molar-refractivity contribution is 0.248. The zero-order chi connectivity index (χ0) is 15.5. The highest BCUT2D eigenvalue weighted by molar-refractivity contribution is 7.89. The molecule has 6 heteroatoms. The highest BCUT2D eigenvalue weighted by Gasteiger charge is 2.30. The summed E-state index contributed by atoms with van der Waals surface area (Å²) in [6.07, 6.45) is 3.81. The molecule has 5 nitrogen and oxygen atoms in total. The minimum Gasteiger partial charge on any atom is -0.310 e. The third-order valence-electron chi connectivity index (χ3n) is 4.73. The Bertz CT molecular complexity index is 417. The first-order chi connectivity index (χ1) is 9.92. The van der Waals surface area contributed by atoms with E-state index in [2.05, 4.69) is 24.1 Å². The molecular weight excluding hydrogens is 286 g/mol. The Balaban J connectivity index is 1.75. The molecule has 0 aromatic rings. The van der Waals surface area contributed by atoms with Gasteiger partial charge in [0.25, 0.3) is 0 Å². The first kappa shape index (κ1) is 17.2. The molecule has 2 aliphatic heterocycles. The number of nitrogens with one attached hydrogen (secondary N) is 1. The molecule has 2 heterocycles. The molecule has 2 aliphatic rings. The molecule has 0 aromatic heterocycles. The van der Waals surface area contributed by atoms with E-state index in [1.165, 1.54) is 13.0 Å². The molecule has 1 unspecified atom stereocenters. The van der Waals surface area contributed by atoms with E-state index >= 15 is 0 Å². The highest BCUT2D eigenvalue weighted by atomic mass is 32.2. The van der Waals surface area contributed by atoms with Crippen LogP contribution in [-0.2, 0) is 10.0 Å². The van der Waals surface area contributed by atoms with Crippen molar-refractivity contribution in [3.05, 3.63) is 0 Å². The van der Waals surface area contributed by atoms with E-state index in [1.54, 1.807) is 4.31 Å². The van der Waals surface area contributed by atoms with Crippen LogP contribution in [0.3, 0.4) is 0 Å². The number of likely N-dealkylation sites (tertiary alicyclic amines) is 1. The molecule has 124 valence electrons. The Hall–Kier alpha value is -0.170. The van der Waals surface area contributed by atoms with Crippen LogP contribution in [0.5, 0.6) is 0 Å². The predicted octanol–water partition coefficient (Wildman–Crippen LogP) is 1.26. The van der Waals surface area contributed by atoms with Crippen molar-refractivity contribution in [3.8, 4) is 0 Å². The summed E-state index contributed by atoms with van der Waals surface area (Å²) in [6, 6.07) is 1.68. The molecule has 0 aliphatic carbocycles. The number of sulfonamides is 1. The lowest BCUT2D eigenvalue weighted by Gasteiger charge is -2.33. The fourth-order valence-corrected chi connectivity index (χ4v) is 4.95. The van der Waals surface area contributed by atoms with Gasteiger partial charge in [-0.05, 0) is 46.1 Å². The van der Waals surface area contributed by atoms with Gasteiger partial charge in [0.15, 0.2) is 0 Å². The Kier molecular flexibility index (Phi) is 6.05. The predicted molar refractivity (Wildman–Crippen MR) is 86.9 cm³/mol. The third-order valence-corrected chi connectivity index (χ3v) is 6.81. The average Bonchev–Trinajstić information content (AvgIpc) is 2.88. The van der Waals surface area contributed by atoms with Gasteiger partial charge in [-0.1, -0.05) is 6.92 Å². The monoisotopic (exact) mass is 317 g/mol. The first-order valence-electron chi connectivity index (χ1n) is 8.40. The maximum atomic E-state index is 12.1. The molecule has 0 radical (unpaired) electrons. The smallest absolute Gasteiger partial charge is 0.214 e. The van der Waals surface area contributed by atoms with Crippen molar-refractivity contribution in [1.29, 1.82) is 0 Å². The fourth-order valence-electron chi connectivity index (χ4n) is 3.41. The SMILES string of the molecule is CCCS(=O)(=O)N1CCC(NC2CCN(C(C)C)C2)CC1. The van der Waals surface area contributed by atoms with Gasteiger partial charge in [0.05, 0.1) is 5.75 Å². The van der Waals surface area contributed by atoms with Crippen molar-refractivity contribution < 1.29 is 8.42 Å². The van der Waals surface area contributed by atoms with Crippen LogP contribution in [0.25, 0.3) is 0 Å². The van der Waals surface area contributed by atoms with E-state index in [1.807, 2.05) is 6.92 Å². The van der Waals surface area contributed by atoms with E-state index in [-0.39, 0.29) is 5.75 Å². The maximum absolute atomic E-state index is 12.1. The number of nitrogens with zero attached hydrogens (tertiary/aromatic N) is 2. The van der Waals surface area contributed by atoms with Gasteiger partial charge < -0.3 is 5.32 Å². The Morgan fingerprint density at radius 1 is 1.10 bits per heavy atom. The van der Waals surface area contributed by atoms with Crippen LogP contribution in [0.1, 0.15) is 46.5 Å². The molecule has 0 spiro atoms. The molecule has 0 amide bonds. The minimum atomic E-state index is -3.01. The van der Waals surface area contributed by atoms with Gasteiger partial charge in [-0.3, -0.25) is 4.90 Å². The molecule has 0 aromatic carbocycles. The molecule has 0 saturated carbocycles. The summed E-state index contributed by atoms with van der Waals surface area (Å²) in [4.78, 5) is 2.51. The summed E-state index contributed by atoms with van der Waals surface area (Å²) in [5.41, 5.74) is 0.